The van der Waals surface area contributed by atoms with Crippen molar-refractivity contribution >= 4 is 15.9 Å². The van der Waals surface area contributed by atoms with Crippen molar-refractivity contribution in [1.82, 2.24) is 5.32 Å². The molecule has 96 valence electrons. The van der Waals surface area contributed by atoms with E-state index in [4.69, 9.17) is 0 Å². The van der Waals surface area contributed by atoms with E-state index >= 15 is 0 Å². The molecular weight excluding hydrogens is 274 g/mol. The van der Waals surface area contributed by atoms with Gasteiger partial charge in [0.2, 0.25) is 0 Å². The first kappa shape index (κ1) is 14.7. The second kappa shape index (κ2) is 8.71. The second-order valence-corrected chi connectivity index (χ2v) is 5.49. The molecule has 1 aromatic carbocycles. The van der Waals surface area contributed by atoms with Gasteiger partial charge in [-0.15, -0.1) is 0 Å². The van der Waals surface area contributed by atoms with Crippen LogP contribution in [0.3, 0.4) is 0 Å². The zero-order chi connectivity index (χ0) is 12.5. The number of nitrogens with one attached hydrogen (secondary N) is 1. The van der Waals surface area contributed by atoms with Gasteiger partial charge in [-0.25, -0.2) is 0 Å². The third-order valence-electron chi connectivity index (χ3n) is 3.14. The summed E-state index contributed by atoms with van der Waals surface area (Å²) in [5.41, 5.74) is 4.17. The average molecular weight is 298 g/mol. The van der Waals surface area contributed by atoms with Crippen LogP contribution < -0.4 is 5.32 Å². The quantitative estimate of drug-likeness (QED) is 0.556. The van der Waals surface area contributed by atoms with Crippen molar-refractivity contribution in [3.63, 3.8) is 0 Å². The number of alkyl halides is 1. The van der Waals surface area contributed by atoms with Gasteiger partial charge in [-0.05, 0) is 49.9 Å². The molecule has 0 spiro atoms. The van der Waals surface area contributed by atoms with Gasteiger partial charge in [-0.3, -0.25) is 0 Å². The summed E-state index contributed by atoms with van der Waals surface area (Å²) in [6.07, 6.45) is 5.27. The number of hydrogen-bond donors (Lipinski definition) is 1. The summed E-state index contributed by atoms with van der Waals surface area (Å²) in [5, 5.41) is 4.66. The predicted molar refractivity (Wildman–Crippen MR) is 79.9 cm³/mol. The molecule has 0 radical (unpaired) electrons. The zero-order valence-corrected chi connectivity index (χ0v) is 12.6. The third kappa shape index (κ3) is 6.23. The minimum absolute atomic E-state index is 1.000. The molecule has 0 aromatic heterocycles. The first-order valence-electron chi connectivity index (χ1n) is 6.57. The summed E-state index contributed by atoms with van der Waals surface area (Å²) in [7, 11) is 0. The van der Waals surface area contributed by atoms with Crippen molar-refractivity contribution in [2.24, 2.45) is 0 Å². The molecule has 0 aliphatic rings. The van der Waals surface area contributed by atoms with E-state index in [-0.39, 0.29) is 0 Å². The van der Waals surface area contributed by atoms with Crippen LogP contribution in [0.4, 0.5) is 0 Å². The van der Waals surface area contributed by atoms with Gasteiger partial charge in [-0.2, -0.15) is 0 Å². The highest BCUT2D eigenvalue weighted by atomic mass is 79.9. The largest absolute Gasteiger partial charge is 0.313 e. The van der Waals surface area contributed by atoms with Crippen LogP contribution in [0.1, 0.15) is 42.4 Å². The number of rotatable bonds is 8. The first-order valence-corrected chi connectivity index (χ1v) is 7.69. The van der Waals surface area contributed by atoms with Gasteiger partial charge in [0.25, 0.3) is 0 Å². The van der Waals surface area contributed by atoms with Gasteiger partial charge in [0.05, 0.1) is 0 Å². The van der Waals surface area contributed by atoms with Crippen molar-refractivity contribution in [2.75, 3.05) is 11.9 Å². The van der Waals surface area contributed by atoms with Crippen molar-refractivity contribution in [2.45, 2.75) is 46.1 Å². The van der Waals surface area contributed by atoms with Crippen molar-refractivity contribution < 1.29 is 0 Å². The molecule has 0 bridgehead atoms. The van der Waals surface area contributed by atoms with Gasteiger partial charge >= 0.3 is 0 Å². The molecular formula is C15H24BrN. The lowest BCUT2D eigenvalue weighted by Crippen LogP contribution is -2.14. The Bertz CT molecular complexity index is 323. The minimum Gasteiger partial charge on any atom is -0.313 e. The summed E-state index contributed by atoms with van der Waals surface area (Å²) in [6, 6.07) is 6.72. The number of unbranched alkanes of at least 4 members (excludes halogenated alkanes) is 3. The third-order valence-corrected chi connectivity index (χ3v) is 3.70. The van der Waals surface area contributed by atoms with Gasteiger partial charge in [0, 0.05) is 11.9 Å². The lowest BCUT2D eigenvalue weighted by Gasteiger charge is -2.07. The Morgan fingerprint density at radius 3 is 2.47 bits per heavy atom. The molecule has 1 aromatic rings. The monoisotopic (exact) mass is 297 g/mol. The van der Waals surface area contributed by atoms with E-state index in [2.05, 4.69) is 53.3 Å². The van der Waals surface area contributed by atoms with Gasteiger partial charge in [-0.1, -0.05) is 47.0 Å². The number of halogens is 1. The molecule has 1 nitrogen and oxygen atoms in total. The van der Waals surface area contributed by atoms with Gasteiger partial charge < -0.3 is 5.32 Å². The maximum atomic E-state index is 3.51. The minimum atomic E-state index is 1.000. The highest BCUT2D eigenvalue weighted by Gasteiger charge is 1.96. The summed E-state index contributed by atoms with van der Waals surface area (Å²) >= 11 is 3.46. The number of benzene rings is 1. The summed E-state index contributed by atoms with van der Waals surface area (Å²) in [4.78, 5) is 0. The van der Waals surface area contributed by atoms with Crippen LogP contribution in [0, 0.1) is 13.8 Å². The van der Waals surface area contributed by atoms with E-state index in [1.807, 2.05) is 0 Å². The lowest BCUT2D eigenvalue weighted by molar-refractivity contribution is 0.600. The molecule has 17 heavy (non-hydrogen) atoms. The van der Waals surface area contributed by atoms with Crippen LogP contribution in [0.5, 0.6) is 0 Å². The average Bonchev–Trinajstić information content (AvgIpc) is 2.32. The van der Waals surface area contributed by atoms with Crippen molar-refractivity contribution in [3.05, 3.63) is 34.9 Å². The highest BCUT2D eigenvalue weighted by Crippen LogP contribution is 2.09. The van der Waals surface area contributed by atoms with E-state index < -0.39 is 0 Å². The Hall–Kier alpha value is -0.340. The highest BCUT2D eigenvalue weighted by molar-refractivity contribution is 9.09. The van der Waals surface area contributed by atoms with Crippen LogP contribution in [0.15, 0.2) is 18.2 Å². The first-order chi connectivity index (χ1) is 8.24. The molecule has 2 heteroatoms. The van der Waals surface area contributed by atoms with E-state index in [0.717, 1.165) is 18.4 Å². The number of aryl methyl sites for hydroxylation is 2. The fourth-order valence-electron chi connectivity index (χ4n) is 1.84. The Labute approximate surface area is 114 Å². The Balaban J connectivity index is 2.11. The molecule has 1 rings (SSSR count). The summed E-state index contributed by atoms with van der Waals surface area (Å²) < 4.78 is 0. The smallest absolute Gasteiger partial charge is 0.0205 e. The van der Waals surface area contributed by atoms with Crippen LogP contribution in [0.2, 0.25) is 0 Å². The van der Waals surface area contributed by atoms with Gasteiger partial charge in [0.15, 0.2) is 0 Å². The van der Waals surface area contributed by atoms with Crippen LogP contribution in [0.25, 0.3) is 0 Å². The van der Waals surface area contributed by atoms with E-state index in [1.54, 1.807) is 0 Å². The summed E-state index contributed by atoms with van der Waals surface area (Å²) in [5.74, 6) is 0. The standard InChI is InChI=1S/C15H24BrN/c1-13-7-8-15(11-14(13)2)12-17-10-6-4-3-5-9-16/h7-8,11,17H,3-6,9-10,12H2,1-2H3. The fourth-order valence-corrected chi connectivity index (χ4v) is 2.24. The molecule has 0 fully saturated rings. The van der Waals surface area contributed by atoms with Crippen LogP contribution in [-0.2, 0) is 6.54 Å². The van der Waals surface area contributed by atoms with Gasteiger partial charge in [0.1, 0.15) is 0 Å². The molecule has 0 saturated carbocycles. The maximum absolute atomic E-state index is 3.51. The maximum Gasteiger partial charge on any atom is 0.0205 e. The molecule has 0 aliphatic heterocycles. The summed E-state index contributed by atoms with van der Waals surface area (Å²) in [6.45, 7) is 6.48. The Morgan fingerprint density at radius 2 is 1.76 bits per heavy atom. The molecule has 0 heterocycles. The Kier molecular flexibility index (Phi) is 7.54. The van der Waals surface area contributed by atoms with Crippen LogP contribution in [-0.4, -0.2) is 11.9 Å². The molecule has 0 amide bonds. The van der Waals surface area contributed by atoms with E-state index in [0.29, 0.717) is 0 Å². The molecule has 0 atom stereocenters. The van der Waals surface area contributed by atoms with Crippen molar-refractivity contribution in [3.8, 4) is 0 Å². The van der Waals surface area contributed by atoms with E-state index in [9.17, 15) is 0 Å². The SMILES string of the molecule is Cc1ccc(CNCCCCCCBr)cc1C. The molecule has 0 unspecified atom stereocenters. The normalized spacial score (nSPS) is 10.8. The van der Waals surface area contributed by atoms with E-state index in [1.165, 1.54) is 42.4 Å². The van der Waals surface area contributed by atoms with Crippen LogP contribution >= 0.6 is 15.9 Å². The molecule has 0 saturated heterocycles. The topological polar surface area (TPSA) is 12.0 Å². The molecule has 1 N–H and O–H groups in total. The van der Waals surface area contributed by atoms with Crippen molar-refractivity contribution in [1.29, 1.82) is 0 Å². The molecule has 0 aliphatic carbocycles. The zero-order valence-electron chi connectivity index (χ0n) is 11.1. The predicted octanol–water partition coefficient (Wildman–Crippen LogP) is 4.35. The second-order valence-electron chi connectivity index (χ2n) is 4.70. The Morgan fingerprint density at radius 1 is 1.00 bits per heavy atom. The number of hydrogen-bond acceptors (Lipinski definition) is 1. The fraction of sp³-hybridized carbons (Fsp3) is 0.600. The lowest BCUT2D eigenvalue weighted by atomic mass is 10.1.